The van der Waals surface area contributed by atoms with E-state index in [1.54, 1.807) is 11.3 Å². The molecular weight excluding hydrogens is 332 g/mol. The minimum Gasteiger partial charge on any atom is -0.310 e. The Labute approximate surface area is 133 Å². The van der Waals surface area contributed by atoms with Gasteiger partial charge in [-0.2, -0.15) is 0 Å². The van der Waals surface area contributed by atoms with Crippen LogP contribution in [0.2, 0.25) is 0 Å². The molecule has 0 aliphatic carbocycles. The fraction of sp³-hybridized carbons (Fsp3) is 0.438. The number of hydrogen-bond donors (Lipinski definition) is 1. The number of halogens is 1. The van der Waals surface area contributed by atoms with Crippen molar-refractivity contribution in [2.45, 2.75) is 40.7 Å². The molecule has 1 N–H and O–H groups in total. The first kappa shape index (κ1) is 15.7. The monoisotopic (exact) mass is 352 g/mol. The van der Waals surface area contributed by atoms with Gasteiger partial charge in [-0.15, -0.1) is 11.3 Å². The number of aromatic nitrogens is 1. The molecule has 0 amide bonds. The smallest absolute Gasteiger partial charge is 0.123 e. The van der Waals surface area contributed by atoms with Crippen LogP contribution in [0.5, 0.6) is 0 Å². The van der Waals surface area contributed by atoms with Gasteiger partial charge in [0, 0.05) is 21.0 Å². The maximum atomic E-state index is 4.76. The summed E-state index contributed by atoms with van der Waals surface area (Å²) in [5.41, 5.74) is 4.87. The van der Waals surface area contributed by atoms with Crippen molar-refractivity contribution in [1.29, 1.82) is 0 Å². The first-order valence-corrected chi connectivity index (χ1v) is 8.52. The Balaban J connectivity index is 2.42. The number of thiazole rings is 1. The highest BCUT2D eigenvalue weighted by atomic mass is 79.9. The summed E-state index contributed by atoms with van der Waals surface area (Å²) in [6.45, 7) is 11.7. The average molecular weight is 353 g/mol. The lowest BCUT2D eigenvalue weighted by molar-refractivity contribution is 0.603. The van der Waals surface area contributed by atoms with Crippen molar-refractivity contribution < 1.29 is 0 Å². The second-order valence-corrected chi connectivity index (χ2v) is 7.00. The highest BCUT2D eigenvalue weighted by Crippen LogP contribution is 2.34. The molecule has 20 heavy (non-hydrogen) atoms. The van der Waals surface area contributed by atoms with Crippen molar-refractivity contribution in [2.24, 2.45) is 0 Å². The molecule has 1 heterocycles. The molecule has 2 nitrogen and oxygen atoms in total. The minimum atomic E-state index is 0.365. The molecule has 0 saturated carbocycles. The van der Waals surface area contributed by atoms with Crippen LogP contribution in [0, 0.1) is 20.8 Å². The van der Waals surface area contributed by atoms with E-state index in [1.165, 1.54) is 26.0 Å². The molecule has 0 radical (unpaired) electrons. The van der Waals surface area contributed by atoms with E-state index in [1.807, 2.05) is 0 Å². The fourth-order valence-corrected chi connectivity index (χ4v) is 3.71. The SMILES string of the molecule is CCNC(C)c1sc(-c2cc(C)c(Br)c(C)c2)nc1C. The second-order valence-electron chi connectivity index (χ2n) is 5.17. The Hall–Kier alpha value is -0.710. The summed E-state index contributed by atoms with van der Waals surface area (Å²) in [6, 6.07) is 4.78. The van der Waals surface area contributed by atoms with Crippen LogP contribution >= 0.6 is 27.3 Å². The van der Waals surface area contributed by atoms with Gasteiger partial charge in [-0.1, -0.05) is 22.9 Å². The van der Waals surface area contributed by atoms with Crippen molar-refractivity contribution in [1.82, 2.24) is 10.3 Å². The number of nitrogens with one attached hydrogen (secondary N) is 1. The summed E-state index contributed by atoms with van der Waals surface area (Å²) in [4.78, 5) is 6.09. The standard InChI is InChI=1S/C16H21BrN2S/c1-6-18-11(4)15-12(5)19-16(20-15)13-7-9(2)14(17)10(3)8-13/h7-8,11,18H,6H2,1-5H3. The highest BCUT2D eigenvalue weighted by Gasteiger charge is 2.15. The molecule has 0 aliphatic rings. The van der Waals surface area contributed by atoms with Crippen LogP contribution in [0.15, 0.2) is 16.6 Å². The van der Waals surface area contributed by atoms with Crippen LogP contribution in [-0.4, -0.2) is 11.5 Å². The third-order valence-electron chi connectivity index (χ3n) is 3.42. The van der Waals surface area contributed by atoms with Crippen LogP contribution in [0.3, 0.4) is 0 Å². The fourth-order valence-electron chi connectivity index (χ4n) is 2.40. The van der Waals surface area contributed by atoms with Gasteiger partial charge in [0.1, 0.15) is 5.01 Å². The number of hydrogen-bond acceptors (Lipinski definition) is 3. The topological polar surface area (TPSA) is 24.9 Å². The Morgan fingerprint density at radius 2 is 1.85 bits per heavy atom. The predicted molar refractivity (Wildman–Crippen MR) is 91.6 cm³/mol. The van der Waals surface area contributed by atoms with Crippen molar-refractivity contribution in [3.05, 3.63) is 38.3 Å². The molecule has 0 bridgehead atoms. The third-order valence-corrected chi connectivity index (χ3v) is 6.06. The summed E-state index contributed by atoms with van der Waals surface area (Å²) in [6.07, 6.45) is 0. The summed E-state index contributed by atoms with van der Waals surface area (Å²) in [7, 11) is 0. The van der Waals surface area contributed by atoms with E-state index < -0.39 is 0 Å². The summed E-state index contributed by atoms with van der Waals surface area (Å²) < 4.78 is 1.19. The Morgan fingerprint density at radius 3 is 2.40 bits per heavy atom. The first-order valence-electron chi connectivity index (χ1n) is 6.91. The second kappa shape index (κ2) is 6.37. The lowest BCUT2D eigenvalue weighted by Gasteiger charge is -2.10. The third kappa shape index (κ3) is 3.13. The molecule has 108 valence electrons. The van der Waals surface area contributed by atoms with Crippen LogP contribution in [-0.2, 0) is 0 Å². The lowest BCUT2D eigenvalue weighted by atomic mass is 10.1. The van der Waals surface area contributed by atoms with Gasteiger partial charge in [-0.25, -0.2) is 4.98 Å². The maximum Gasteiger partial charge on any atom is 0.123 e. The predicted octanol–water partition coefficient (Wildman–Crippen LogP) is 5.17. The quantitative estimate of drug-likeness (QED) is 0.820. The van der Waals surface area contributed by atoms with Crippen molar-refractivity contribution in [3.8, 4) is 10.6 Å². The molecule has 0 aliphatic heterocycles. The maximum absolute atomic E-state index is 4.76. The molecule has 4 heteroatoms. The van der Waals surface area contributed by atoms with Gasteiger partial charge >= 0.3 is 0 Å². The highest BCUT2D eigenvalue weighted by molar-refractivity contribution is 9.10. The van der Waals surface area contributed by atoms with Gasteiger partial charge in [0.15, 0.2) is 0 Å². The van der Waals surface area contributed by atoms with Crippen LogP contribution in [0.25, 0.3) is 10.6 Å². The van der Waals surface area contributed by atoms with Gasteiger partial charge in [-0.05, 0) is 57.5 Å². The Kier molecular flexibility index (Phi) is 4.99. The molecule has 1 atom stereocenters. The molecule has 1 aromatic carbocycles. The molecule has 2 rings (SSSR count). The molecule has 1 aromatic heterocycles. The zero-order valence-corrected chi connectivity index (χ0v) is 15.1. The van der Waals surface area contributed by atoms with E-state index in [2.05, 4.69) is 68.0 Å². The van der Waals surface area contributed by atoms with Gasteiger partial charge < -0.3 is 5.32 Å². The summed E-state index contributed by atoms with van der Waals surface area (Å²) in [5.74, 6) is 0. The van der Waals surface area contributed by atoms with Gasteiger partial charge in [-0.3, -0.25) is 0 Å². The summed E-state index contributed by atoms with van der Waals surface area (Å²) in [5, 5.41) is 4.57. The minimum absolute atomic E-state index is 0.365. The molecule has 2 aromatic rings. The zero-order valence-electron chi connectivity index (χ0n) is 12.7. The largest absolute Gasteiger partial charge is 0.310 e. The van der Waals surface area contributed by atoms with Crippen LogP contribution < -0.4 is 5.32 Å². The Morgan fingerprint density at radius 1 is 1.25 bits per heavy atom. The number of nitrogens with zero attached hydrogens (tertiary/aromatic N) is 1. The van der Waals surface area contributed by atoms with Gasteiger partial charge in [0.25, 0.3) is 0 Å². The van der Waals surface area contributed by atoms with Crippen LogP contribution in [0.1, 0.15) is 41.6 Å². The first-order chi connectivity index (χ1) is 9.43. The lowest BCUT2D eigenvalue weighted by Crippen LogP contribution is -2.17. The number of rotatable bonds is 4. The van der Waals surface area contributed by atoms with E-state index in [0.717, 1.165) is 17.2 Å². The van der Waals surface area contributed by atoms with E-state index in [-0.39, 0.29) is 0 Å². The molecule has 0 fully saturated rings. The molecule has 0 saturated heterocycles. The Bertz CT molecular complexity index is 596. The van der Waals surface area contributed by atoms with E-state index in [4.69, 9.17) is 4.98 Å². The van der Waals surface area contributed by atoms with Crippen molar-refractivity contribution in [3.63, 3.8) is 0 Å². The average Bonchev–Trinajstić information content (AvgIpc) is 2.78. The molecule has 0 spiro atoms. The molecule has 1 unspecified atom stereocenters. The van der Waals surface area contributed by atoms with E-state index in [0.29, 0.717) is 6.04 Å². The van der Waals surface area contributed by atoms with E-state index >= 15 is 0 Å². The van der Waals surface area contributed by atoms with Gasteiger partial charge in [0.2, 0.25) is 0 Å². The number of aryl methyl sites for hydroxylation is 3. The zero-order chi connectivity index (χ0) is 14.9. The van der Waals surface area contributed by atoms with Crippen molar-refractivity contribution >= 4 is 27.3 Å². The molecular formula is C16H21BrN2S. The normalized spacial score (nSPS) is 12.7. The van der Waals surface area contributed by atoms with Crippen LogP contribution in [0.4, 0.5) is 0 Å². The van der Waals surface area contributed by atoms with E-state index in [9.17, 15) is 0 Å². The summed E-state index contributed by atoms with van der Waals surface area (Å²) >= 11 is 5.42. The van der Waals surface area contributed by atoms with Crippen molar-refractivity contribution in [2.75, 3.05) is 6.54 Å². The number of benzene rings is 1. The van der Waals surface area contributed by atoms with Gasteiger partial charge in [0.05, 0.1) is 5.69 Å².